The molecule has 0 fully saturated rings. The Hall–Kier alpha value is -1.88. The fourth-order valence-corrected chi connectivity index (χ4v) is 3.00. The minimum atomic E-state index is -0.194. The van der Waals surface area contributed by atoms with Crippen molar-refractivity contribution in [2.24, 2.45) is 0 Å². The highest BCUT2D eigenvalue weighted by atomic mass is 16.5. The number of amides is 1. The van der Waals surface area contributed by atoms with Gasteiger partial charge in [0, 0.05) is 12.1 Å². The molecule has 5 nitrogen and oxygen atoms in total. The molecule has 134 valence electrons. The summed E-state index contributed by atoms with van der Waals surface area (Å²) in [5.41, 5.74) is 3.04. The van der Waals surface area contributed by atoms with Crippen molar-refractivity contribution in [3.05, 3.63) is 29.3 Å². The summed E-state index contributed by atoms with van der Waals surface area (Å²) < 4.78 is 5.37. The van der Waals surface area contributed by atoms with Gasteiger partial charge in [0.15, 0.2) is 6.54 Å². The molecule has 1 N–H and O–H groups in total. The standard InChI is InChI=1S/C19H30N2O3/c1-6-21(7-2,13-9-12-18(23)24-5)14-17(22)20-19-15(3)10-8-11-16(19)4/h8,10-11H,6-7,9,12-14H2,1-5H3/p+1. The van der Waals surface area contributed by atoms with E-state index in [1.807, 2.05) is 32.0 Å². The SMILES string of the molecule is CC[N+](CC)(CCCC(=O)OC)CC(=O)Nc1c(C)cccc1C. The number of ether oxygens (including phenoxy) is 1. The van der Waals surface area contributed by atoms with Gasteiger partial charge in [0.05, 0.1) is 33.2 Å². The molecule has 1 aromatic carbocycles. The zero-order chi connectivity index (χ0) is 18.2. The van der Waals surface area contributed by atoms with Crippen LogP contribution in [0.1, 0.15) is 37.8 Å². The Morgan fingerprint density at radius 3 is 2.21 bits per heavy atom. The van der Waals surface area contributed by atoms with Gasteiger partial charge in [-0.2, -0.15) is 0 Å². The molecule has 1 aromatic rings. The van der Waals surface area contributed by atoms with Gasteiger partial charge in [0.1, 0.15) is 0 Å². The van der Waals surface area contributed by atoms with Crippen LogP contribution in [0.5, 0.6) is 0 Å². The van der Waals surface area contributed by atoms with Gasteiger partial charge in [-0.15, -0.1) is 0 Å². The largest absolute Gasteiger partial charge is 0.469 e. The van der Waals surface area contributed by atoms with Gasteiger partial charge in [-0.05, 0) is 38.8 Å². The van der Waals surface area contributed by atoms with Crippen LogP contribution in [-0.2, 0) is 14.3 Å². The van der Waals surface area contributed by atoms with Crippen molar-refractivity contribution in [3.8, 4) is 0 Å². The molecule has 0 spiro atoms. The highest BCUT2D eigenvalue weighted by Crippen LogP contribution is 2.20. The molecule has 0 aromatic heterocycles. The number of methoxy groups -OCH3 is 1. The summed E-state index contributed by atoms with van der Waals surface area (Å²) in [6, 6.07) is 5.99. The van der Waals surface area contributed by atoms with Crippen LogP contribution in [0.25, 0.3) is 0 Å². The minimum absolute atomic E-state index is 0.0224. The lowest BCUT2D eigenvalue weighted by Gasteiger charge is -2.36. The average Bonchev–Trinajstić information content (AvgIpc) is 2.57. The second-order valence-corrected chi connectivity index (χ2v) is 6.35. The molecule has 0 aliphatic heterocycles. The number of nitrogens with zero attached hydrogens (tertiary/aromatic N) is 1. The summed E-state index contributed by atoms with van der Waals surface area (Å²) in [5, 5.41) is 3.07. The molecule has 0 aliphatic rings. The summed E-state index contributed by atoms with van der Waals surface area (Å²) in [6.45, 7) is 11.1. The number of quaternary nitrogens is 1. The third-order valence-electron chi connectivity index (χ3n) is 4.81. The number of hydrogen-bond acceptors (Lipinski definition) is 3. The summed E-state index contributed by atoms with van der Waals surface area (Å²) >= 11 is 0. The first-order chi connectivity index (χ1) is 11.4. The maximum atomic E-state index is 12.6. The molecule has 0 atom stereocenters. The molecule has 5 heteroatoms. The van der Waals surface area contributed by atoms with Crippen LogP contribution in [0.4, 0.5) is 5.69 Å². The van der Waals surface area contributed by atoms with E-state index < -0.39 is 0 Å². The number of aryl methyl sites for hydroxylation is 2. The van der Waals surface area contributed by atoms with Crippen LogP contribution in [-0.4, -0.2) is 49.6 Å². The van der Waals surface area contributed by atoms with Crippen molar-refractivity contribution >= 4 is 17.6 Å². The van der Waals surface area contributed by atoms with E-state index in [-0.39, 0.29) is 11.9 Å². The van der Waals surface area contributed by atoms with Gasteiger partial charge in [-0.1, -0.05) is 18.2 Å². The molecule has 0 saturated heterocycles. The number of para-hydroxylation sites is 1. The van der Waals surface area contributed by atoms with Gasteiger partial charge in [-0.25, -0.2) is 0 Å². The van der Waals surface area contributed by atoms with E-state index in [0.29, 0.717) is 17.4 Å². The normalized spacial score (nSPS) is 11.2. The molecule has 0 aliphatic carbocycles. The zero-order valence-electron chi connectivity index (χ0n) is 15.6. The van der Waals surface area contributed by atoms with Gasteiger partial charge >= 0.3 is 5.97 Å². The minimum Gasteiger partial charge on any atom is -0.469 e. The fourth-order valence-electron chi connectivity index (χ4n) is 3.00. The number of esters is 1. The first-order valence-electron chi connectivity index (χ1n) is 8.65. The maximum Gasteiger partial charge on any atom is 0.305 e. The van der Waals surface area contributed by atoms with Crippen LogP contribution in [0.3, 0.4) is 0 Å². The number of anilines is 1. The van der Waals surface area contributed by atoms with Crippen LogP contribution in [0.15, 0.2) is 18.2 Å². The van der Waals surface area contributed by atoms with Gasteiger partial charge in [0.2, 0.25) is 0 Å². The molecule has 0 heterocycles. The van der Waals surface area contributed by atoms with Crippen LogP contribution in [0, 0.1) is 13.8 Å². The van der Waals surface area contributed by atoms with Crippen molar-refractivity contribution in [1.29, 1.82) is 0 Å². The first-order valence-corrected chi connectivity index (χ1v) is 8.65. The van der Waals surface area contributed by atoms with Crippen LogP contribution < -0.4 is 5.32 Å². The topological polar surface area (TPSA) is 55.4 Å². The van der Waals surface area contributed by atoms with Gasteiger partial charge in [0.25, 0.3) is 5.91 Å². The summed E-state index contributed by atoms with van der Waals surface area (Å²) in [6.07, 6.45) is 1.13. The highest BCUT2D eigenvalue weighted by molar-refractivity contribution is 5.93. The number of carbonyl (C=O) groups is 2. The number of likely N-dealkylation sites (N-methyl/N-ethyl adjacent to an activating group) is 1. The molecule has 24 heavy (non-hydrogen) atoms. The Labute approximate surface area is 145 Å². The van der Waals surface area contributed by atoms with Crippen molar-refractivity contribution < 1.29 is 18.8 Å². The molecular formula is C19H31N2O3+. The van der Waals surface area contributed by atoms with E-state index in [4.69, 9.17) is 4.74 Å². The second kappa shape index (κ2) is 9.42. The van der Waals surface area contributed by atoms with Gasteiger partial charge in [-0.3, -0.25) is 9.59 Å². The Kier molecular flexibility index (Phi) is 7.92. The number of rotatable bonds is 9. The van der Waals surface area contributed by atoms with Crippen molar-refractivity contribution in [2.45, 2.75) is 40.5 Å². The zero-order valence-corrected chi connectivity index (χ0v) is 15.6. The third-order valence-corrected chi connectivity index (χ3v) is 4.81. The predicted octanol–water partition coefficient (Wildman–Crippen LogP) is 3.05. The molecule has 0 saturated carbocycles. The molecule has 1 amide bonds. The van der Waals surface area contributed by atoms with E-state index in [1.54, 1.807) is 0 Å². The van der Waals surface area contributed by atoms with Gasteiger partial charge < -0.3 is 14.5 Å². The number of nitrogens with one attached hydrogen (secondary N) is 1. The average molecular weight is 335 g/mol. The maximum absolute atomic E-state index is 12.6. The summed E-state index contributed by atoms with van der Waals surface area (Å²) in [5.74, 6) is -0.172. The quantitative estimate of drug-likeness (QED) is 0.557. The molecular weight excluding hydrogens is 304 g/mol. The molecule has 0 bridgehead atoms. The van der Waals surface area contributed by atoms with E-state index in [2.05, 4.69) is 19.2 Å². The lowest BCUT2D eigenvalue weighted by Crippen LogP contribution is -2.52. The lowest BCUT2D eigenvalue weighted by atomic mass is 10.1. The van der Waals surface area contributed by atoms with E-state index in [1.165, 1.54) is 7.11 Å². The first kappa shape index (κ1) is 20.2. The molecule has 0 unspecified atom stereocenters. The fraction of sp³-hybridized carbons (Fsp3) is 0.579. The van der Waals surface area contributed by atoms with E-state index in [0.717, 1.165) is 42.9 Å². The number of benzene rings is 1. The highest BCUT2D eigenvalue weighted by Gasteiger charge is 2.27. The van der Waals surface area contributed by atoms with E-state index in [9.17, 15) is 9.59 Å². The smallest absolute Gasteiger partial charge is 0.305 e. The van der Waals surface area contributed by atoms with E-state index >= 15 is 0 Å². The summed E-state index contributed by atoms with van der Waals surface area (Å²) in [7, 11) is 1.40. The molecule has 0 radical (unpaired) electrons. The van der Waals surface area contributed by atoms with Crippen molar-refractivity contribution in [2.75, 3.05) is 38.6 Å². The monoisotopic (exact) mass is 335 g/mol. The van der Waals surface area contributed by atoms with Crippen LogP contribution in [0.2, 0.25) is 0 Å². The van der Waals surface area contributed by atoms with Crippen molar-refractivity contribution in [3.63, 3.8) is 0 Å². The Balaban J connectivity index is 2.73. The Bertz CT molecular complexity index is 545. The molecule has 1 rings (SSSR count). The predicted molar refractivity (Wildman–Crippen MR) is 96.9 cm³/mol. The van der Waals surface area contributed by atoms with Crippen molar-refractivity contribution in [1.82, 2.24) is 0 Å². The summed E-state index contributed by atoms with van der Waals surface area (Å²) in [4.78, 5) is 23.9. The second-order valence-electron chi connectivity index (χ2n) is 6.35. The number of hydrogen-bond donors (Lipinski definition) is 1. The van der Waals surface area contributed by atoms with Crippen LogP contribution >= 0.6 is 0 Å². The Morgan fingerprint density at radius 1 is 1.12 bits per heavy atom. The Morgan fingerprint density at radius 2 is 1.71 bits per heavy atom. The number of carbonyl (C=O) groups excluding carboxylic acids is 2. The lowest BCUT2D eigenvalue weighted by molar-refractivity contribution is -0.917. The third kappa shape index (κ3) is 5.64.